The number of hydrogen-bond donors (Lipinski definition) is 0. The summed E-state index contributed by atoms with van der Waals surface area (Å²) in [6.07, 6.45) is 9.44. The number of fused-ring (bicyclic) bond motifs is 5. The molecule has 0 amide bonds. The van der Waals surface area contributed by atoms with Crippen molar-refractivity contribution < 1.29 is 0 Å². The van der Waals surface area contributed by atoms with E-state index in [1.807, 2.05) is 11.8 Å². The zero-order valence-corrected chi connectivity index (χ0v) is 52.0. The first-order chi connectivity index (χ1) is 37.1. The van der Waals surface area contributed by atoms with Crippen LogP contribution in [0, 0.1) is 18.3 Å². The van der Waals surface area contributed by atoms with Gasteiger partial charge < -0.3 is 14.7 Å². The van der Waals surface area contributed by atoms with E-state index in [1.54, 1.807) is 5.47 Å². The van der Waals surface area contributed by atoms with Gasteiger partial charge in [-0.15, -0.1) is 0 Å². The lowest BCUT2D eigenvalue weighted by Gasteiger charge is -2.59. The summed E-state index contributed by atoms with van der Waals surface area (Å²) >= 11 is 2.03. The van der Waals surface area contributed by atoms with Crippen molar-refractivity contribution in [3.8, 4) is 11.1 Å². The van der Waals surface area contributed by atoms with Crippen LogP contribution in [0.5, 0.6) is 0 Å². The van der Waals surface area contributed by atoms with Crippen LogP contribution in [0.2, 0.25) is 0 Å². The molecule has 2 unspecified atom stereocenters. The van der Waals surface area contributed by atoms with E-state index >= 15 is 0 Å². The topological polar surface area (TPSA) is 9.72 Å². The van der Waals surface area contributed by atoms with Gasteiger partial charge in [0.15, 0.2) is 0 Å². The Morgan fingerprint density at radius 2 is 1.08 bits per heavy atom. The second-order valence-corrected chi connectivity index (χ2v) is 30.3. The van der Waals surface area contributed by atoms with Crippen molar-refractivity contribution in [2.45, 2.75) is 176 Å². The molecule has 0 saturated carbocycles. The summed E-state index contributed by atoms with van der Waals surface area (Å²) in [6, 6.07) is 55.5. The van der Waals surface area contributed by atoms with E-state index in [2.05, 4.69) is 284 Å². The van der Waals surface area contributed by atoms with Crippen molar-refractivity contribution in [2.24, 2.45) is 11.3 Å². The smallest absolute Gasteiger partial charge is 0.247 e. The number of hydrogen-bond acceptors (Lipinski definition) is 4. The quantitative estimate of drug-likeness (QED) is 0.140. The predicted molar refractivity (Wildman–Crippen MR) is 348 cm³/mol. The van der Waals surface area contributed by atoms with Crippen LogP contribution in [0.1, 0.15) is 163 Å². The summed E-state index contributed by atoms with van der Waals surface area (Å²) in [7, 11) is 0. The minimum Gasteiger partial charge on any atom is -0.332 e. The van der Waals surface area contributed by atoms with Crippen molar-refractivity contribution in [3.63, 3.8) is 0 Å². The highest BCUT2D eigenvalue weighted by Crippen LogP contribution is 2.58. The molecule has 5 heteroatoms. The molecule has 0 radical (unpaired) electrons. The van der Waals surface area contributed by atoms with Gasteiger partial charge in [0.1, 0.15) is 0 Å². The average Bonchev–Trinajstić information content (AvgIpc) is 2.51. The van der Waals surface area contributed by atoms with Crippen LogP contribution < -0.4 is 25.6 Å². The van der Waals surface area contributed by atoms with E-state index in [1.165, 1.54) is 89.4 Å². The number of anilines is 8. The molecule has 7 aromatic rings. The van der Waals surface area contributed by atoms with E-state index < -0.39 is 0 Å². The number of thioether (sulfide) groups is 1. The molecule has 0 fully saturated rings. The van der Waals surface area contributed by atoms with Crippen molar-refractivity contribution in [2.75, 3.05) is 21.0 Å². The van der Waals surface area contributed by atoms with E-state index in [9.17, 15) is 0 Å². The number of benzene rings is 7. The summed E-state index contributed by atoms with van der Waals surface area (Å²) < 4.78 is 0. The number of rotatable bonds is 8. The van der Waals surface area contributed by atoms with E-state index in [-0.39, 0.29) is 39.3 Å². The first kappa shape index (κ1) is 55.0. The van der Waals surface area contributed by atoms with Gasteiger partial charge in [-0.05, 0) is 188 Å². The Morgan fingerprint density at radius 3 is 1.61 bits per heavy atom. The highest BCUT2D eigenvalue weighted by molar-refractivity contribution is 7.99. The molecule has 0 bridgehead atoms. The minimum atomic E-state index is -0.317. The Kier molecular flexibility index (Phi) is 13.5. The van der Waals surface area contributed by atoms with Crippen molar-refractivity contribution in [3.05, 3.63) is 190 Å². The fraction of sp³-hybridized carbons (Fsp3) is 0.405. The molecule has 2 aliphatic heterocycles. The lowest BCUT2D eigenvalue weighted by Crippen LogP contribution is -2.68. The second kappa shape index (κ2) is 19.4. The van der Waals surface area contributed by atoms with E-state index in [4.69, 9.17) is 0 Å². The first-order valence-corrected chi connectivity index (χ1v) is 30.9. The molecule has 0 spiro atoms. The average molecular weight is 1060 g/mol. The maximum absolute atomic E-state index is 2.91. The molecule has 7 aromatic carbocycles. The fourth-order valence-corrected chi connectivity index (χ4v) is 14.7. The zero-order valence-electron chi connectivity index (χ0n) is 51.2. The minimum absolute atomic E-state index is 0.0101. The van der Waals surface area contributed by atoms with Gasteiger partial charge in [0.2, 0.25) is 6.71 Å². The van der Waals surface area contributed by atoms with Crippen molar-refractivity contribution in [1.82, 2.24) is 0 Å². The van der Waals surface area contributed by atoms with Gasteiger partial charge in [-0.25, -0.2) is 0 Å². The zero-order chi connectivity index (χ0) is 56.5. The van der Waals surface area contributed by atoms with Crippen LogP contribution >= 0.6 is 11.8 Å². The van der Waals surface area contributed by atoms with Crippen molar-refractivity contribution in [1.29, 1.82) is 0 Å². The fourth-order valence-electron chi connectivity index (χ4n) is 14.0. The van der Waals surface area contributed by atoms with Crippen molar-refractivity contribution >= 4 is 74.9 Å². The molecule has 4 aliphatic rings. The van der Waals surface area contributed by atoms with Gasteiger partial charge in [0.05, 0.1) is 16.9 Å². The van der Waals surface area contributed by atoms with Gasteiger partial charge >= 0.3 is 0 Å². The Labute approximate surface area is 481 Å². The van der Waals surface area contributed by atoms with Crippen LogP contribution in [-0.4, -0.2) is 23.8 Å². The lowest BCUT2D eigenvalue weighted by atomic mass is 9.28. The summed E-state index contributed by atoms with van der Waals surface area (Å²) in [5, 5.41) is 0.421. The van der Waals surface area contributed by atoms with Crippen LogP contribution in [0.3, 0.4) is 0 Å². The molecule has 408 valence electrons. The third-order valence-corrected chi connectivity index (χ3v) is 19.5. The van der Waals surface area contributed by atoms with Crippen LogP contribution in [-0.2, 0) is 34.5 Å². The lowest BCUT2D eigenvalue weighted by molar-refractivity contribution is 0.327. The maximum Gasteiger partial charge on any atom is 0.247 e. The molecular weight excluding hydrogens is 974 g/mol. The van der Waals surface area contributed by atoms with E-state index in [0.29, 0.717) is 11.2 Å². The predicted octanol–water partition coefficient (Wildman–Crippen LogP) is 19.4. The molecule has 2 atom stereocenters. The monoisotopic (exact) mass is 1060 g/mol. The standard InChI is InChI=1S/C74H88BN3S/c1-47(2)74-37-36-59(79-18)44-67(74)75-61-39-50-45-73(16,17)46-51(50)40-64(61)77(63-35-29-55(72(13,14)15)41-60(63)49-22-20-19-21-23-49)65-42-58(43-66(68(65)75)78(74)62-34-28-54(38-48(62)3)71(10,11)12)76(56-30-24-52(25-31-56)69(4,5)6)57-32-26-53(27-33-57)70(7,8)9/h19-35,38-44,47,59H,36-37,45-46H2,1-18H3. The first-order valence-electron chi connectivity index (χ1n) is 29.6. The van der Waals surface area contributed by atoms with Gasteiger partial charge in [-0.3, -0.25) is 0 Å². The molecule has 2 aliphatic carbocycles. The Morgan fingerprint density at radius 1 is 0.557 bits per heavy atom. The molecule has 11 rings (SSSR count). The molecule has 2 heterocycles. The third kappa shape index (κ3) is 9.60. The normalized spacial score (nSPS) is 18.7. The molecule has 3 nitrogen and oxygen atoms in total. The van der Waals surface area contributed by atoms with Crippen LogP contribution in [0.15, 0.2) is 151 Å². The summed E-state index contributed by atoms with van der Waals surface area (Å²) in [4.78, 5) is 8.21. The summed E-state index contributed by atoms with van der Waals surface area (Å²) in [5.74, 6) is 0.291. The SMILES string of the molecule is CSC1C=C2B3c4cc5c(cc4N(c4ccc(C(C)(C)C)cc4-c4ccccc4)c4cc(N(c6ccc(C(C)(C)C)cc6)c6ccc(C(C)(C)C)cc6)cc(c43)N(c3ccc(C(C)(C)C)cc3C)C2(C(C)C)CC1)CC(C)(C)C5. The second-order valence-electron chi connectivity index (χ2n) is 29.2. The van der Waals surface area contributed by atoms with Crippen LogP contribution in [0.4, 0.5) is 45.5 Å². The molecule has 79 heavy (non-hydrogen) atoms. The molecule has 0 saturated heterocycles. The van der Waals surface area contributed by atoms with Gasteiger partial charge in [-0.2, -0.15) is 11.8 Å². The summed E-state index contributed by atoms with van der Waals surface area (Å²) in [6.45, 7) is 40.5. The van der Waals surface area contributed by atoms with Gasteiger partial charge in [-0.1, -0.05) is 201 Å². The Bertz CT molecular complexity index is 3440. The summed E-state index contributed by atoms with van der Waals surface area (Å²) in [5.41, 5.74) is 26.3. The van der Waals surface area contributed by atoms with E-state index in [0.717, 1.165) is 42.7 Å². The molecule has 0 N–H and O–H groups in total. The van der Waals surface area contributed by atoms with Gasteiger partial charge in [0, 0.05) is 44.9 Å². The largest absolute Gasteiger partial charge is 0.332 e. The molecule has 0 aromatic heterocycles. The number of aryl methyl sites for hydroxylation is 1. The highest BCUT2D eigenvalue weighted by Gasteiger charge is 2.57. The number of nitrogens with zero attached hydrogens (tertiary/aromatic N) is 3. The molecular formula is C74H88BN3S. The Hall–Kier alpha value is -5.91. The van der Waals surface area contributed by atoms with Crippen LogP contribution in [0.25, 0.3) is 11.1 Å². The Balaban J connectivity index is 1.33. The maximum atomic E-state index is 2.91. The van der Waals surface area contributed by atoms with Gasteiger partial charge in [0.25, 0.3) is 0 Å². The third-order valence-electron chi connectivity index (χ3n) is 18.5. The highest BCUT2D eigenvalue weighted by atomic mass is 32.2.